The number of hydrogen-bond acceptors (Lipinski definition) is 2. The Morgan fingerprint density at radius 2 is 2.07 bits per heavy atom. The van der Waals surface area contributed by atoms with E-state index in [0.717, 1.165) is 5.56 Å². The summed E-state index contributed by atoms with van der Waals surface area (Å²) in [5.41, 5.74) is 9.40. The highest BCUT2D eigenvalue weighted by Gasteiger charge is 2.11. The molecule has 0 aliphatic heterocycles. The molecule has 0 radical (unpaired) electrons. The molecular formula is C13H17NO. The lowest BCUT2D eigenvalue weighted by atomic mass is 10.0. The van der Waals surface area contributed by atoms with E-state index in [1.807, 2.05) is 0 Å². The van der Waals surface area contributed by atoms with Crippen LogP contribution in [0.15, 0.2) is 18.2 Å². The van der Waals surface area contributed by atoms with Crippen molar-refractivity contribution in [1.29, 1.82) is 0 Å². The molecule has 2 N–H and O–H groups in total. The lowest BCUT2D eigenvalue weighted by molar-refractivity contribution is -0.118. The van der Waals surface area contributed by atoms with Gasteiger partial charge in [0.25, 0.3) is 0 Å². The van der Waals surface area contributed by atoms with Crippen LogP contribution in [-0.4, -0.2) is 12.3 Å². The van der Waals surface area contributed by atoms with Crippen LogP contribution < -0.4 is 5.73 Å². The summed E-state index contributed by atoms with van der Waals surface area (Å²) in [5, 5.41) is 0. The van der Waals surface area contributed by atoms with Crippen molar-refractivity contribution in [3.05, 3.63) is 34.9 Å². The summed E-state index contributed by atoms with van der Waals surface area (Å²) in [7, 11) is 0. The third-order valence-electron chi connectivity index (χ3n) is 2.99. The van der Waals surface area contributed by atoms with E-state index in [1.165, 1.54) is 30.4 Å². The highest BCUT2D eigenvalue weighted by atomic mass is 16.1. The molecule has 1 aliphatic carbocycles. The molecule has 1 aliphatic rings. The van der Waals surface area contributed by atoms with Crippen LogP contribution in [0, 0.1) is 0 Å². The number of ketones is 1. The third-order valence-corrected chi connectivity index (χ3v) is 2.99. The van der Waals surface area contributed by atoms with Gasteiger partial charge in [-0.2, -0.15) is 0 Å². The van der Waals surface area contributed by atoms with Gasteiger partial charge in [-0.1, -0.05) is 18.2 Å². The summed E-state index contributed by atoms with van der Waals surface area (Å²) in [4.78, 5) is 11.4. The molecule has 2 rings (SSSR count). The summed E-state index contributed by atoms with van der Waals surface area (Å²) in [5.74, 6) is 0.246. The SMILES string of the molecule is NCCC(=O)Cc1ccc2c(c1)CCC2. The molecule has 2 heteroatoms. The fourth-order valence-electron chi connectivity index (χ4n) is 2.21. The normalized spacial score (nSPS) is 13.9. The zero-order valence-corrected chi connectivity index (χ0v) is 8.96. The largest absolute Gasteiger partial charge is 0.330 e. The highest BCUT2D eigenvalue weighted by Crippen LogP contribution is 2.23. The Morgan fingerprint density at radius 3 is 2.87 bits per heavy atom. The predicted molar refractivity (Wildman–Crippen MR) is 60.8 cm³/mol. The minimum absolute atomic E-state index is 0.246. The van der Waals surface area contributed by atoms with Crippen molar-refractivity contribution < 1.29 is 4.79 Å². The van der Waals surface area contributed by atoms with Crippen molar-refractivity contribution in [1.82, 2.24) is 0 Å². The summed E-state index contributed by atoms with van der Waals surface area (Å²) < 4.78 is 0. The number of carbonyl (C=O) groups is 1. The lowest BCUT2D eigenvalue weighted by Gasteiger charge is -2.03. The monoisotopic (exact) mass is 203 g/mol. The molecule has 0 fully saturated rings. The van der Waals surface area contributed by atoms with Gasteiger partial charge in [-0.05, 0) is 42.5 Å². The molecule has 0 atom stereocenters. The van der Waals surface area contributed by atoms with Gasteiger partial charge in [0.2, 0.25) is 0 Å². The first-order valence-corrected chi connectivity index (χ1v) is 5.62. The fourth-order valence-corrected chi connectivity index (χ4v) is 2.21. The first-order valence-electron chi connectivity index (χ1n) is 5.62. The Morgan fingerprint density at radius 1 is 1.27 bits per heavy atom. The average molecular weight is 203 g/mol. The molecular weight excluding hydrogens is 186 g/mol. The van der Waals surface area contributed by atoms with E-state index in [2.05, 4.69) is 18.2 Å². The number of carbonyl (C=O) groups excluding carboxylic acids is 1. The van der Waals surface area contributed by atoms with Crippen LogP contribution in [0.5, 0.6) is 0 Å². The molecule has 0 amide bonds. The van der Waals surface area contributed by atoms with Gasteiger partial charge in [0.15, 0.2) is 0 Å². The van der Waals surface area contributed by atoms with E-state index in [9.17, 15) is 4.79 Å². The highest BCUT2D eigenvalue weighted by molar-refractivity contribution is 5.81. The first-order chi connectivity index (χ1) is 7.29. The van der Waals surface area contributed by atoms with E-state index in [-0.39, 0.29) is 5.78 Å². The number of fused-ring (bicyclic) bond motifs is 1. The topological polar surface area (TPSA) is 43.1 Å². The van der Waals surface area contributed by atoms with E-state index < -0.39 is 0 Å². The minimum Gasteiger partial charge on any atom is -0.330 e. The van der Waals surface area contributed by atoms with Gasteiger partial charge in [-0.3, -0.25) is 4.79 Å². The first kappa shape index (κ1) is 10.4. The zero-order valence-electron chi connectivity index (χ0n) is 8.96. The summed E-state index contributed by atoms with van der Waals surface area (Å²) in [6.45, 7) is 0.462. The van der Waals surface area contributed by atoms with Crippen LogP contribution in [0.1, 0.15) is 29.5 Å². The second kappa shape index (κ2) is 4.58. The van der Waals surface area contributed by atoms with Gasteiger partial charge < -0.3 is 5.73 Å². The zero-order chi connectivity index (χ0) is 10.7. The Hall–Kier alpha value is -1.15. The second-order valence-electron chi connectivity index (χ2n) is 4.21. The molecule has 1 aromatic rings. The van der Waals surface area contributed by atoms with E-state index >= 15 is 0 Å². The average Bonchev–Trinajstić information content (AvgIpc) is 2.65. The number of aryl methyl sites for hydroxylation is 2. The van der Waals surface area contributed by atoms with Crippen molar-refractivity contribution in [2.24, 2.45) is 5.73 Å². The maximum atomic E-state index is 11.4. The van der Waals surface area contributed by atoms with Gasteiger partial charge in [0.05, 0.1) is 0 Å². The molecule has 2 nitrogen and oxygen atoms in total. The van der Waals surface area contributed by atoms with Crippen molar-refractivity contribution in [3.63, 3.8) is 0 Å². The molecule has 1 aromatic carbocycles. The number of Topliss-reactive ketones (excluding diaryl/α,β-unsaturated/α-hetero) is 1. The molecule has 15 heavy (non-hydrogen) atoms. The molecule has 0 saturated carbocycles. The number of nitrogens with two attached hydrogens (primary N) is 1. The minimum atomic E-state index is 0.246. The summed E-state index contributed by atoms with van der Waals surface area (Å²) in [6.07, 6.45) is 4.68. The summed E-state index contributed by atoms with van der Waals surface area (Å²) >= 11 is 0. The molecule has 0 saturated heterocycles. The number of rotatable bonds is 4. The lowest BCUT2D eigenvalue weighted by Crippen LogP contribution is -2.10. The molecule has 0 aromatic heterocycles. The Bertz CT molecular complexity index is 371. The van der Waals surface area contributed by atoms with Crippen LogP contribution in [0.25, 0.3) is 0 Å². The maximum Gasteiger partial charge on any atom is 0.138 e. The molecule has 0 spiro atoms. The van der Waals surface area contributed by atoms with Gasteiger partial charge in [0, 0.05) is 12.8 Å². The molecule has 0 heterocycles. The number of benzene rings is 1. The van der Waals surface area contributed by atoms with Crippen LogP contribution >= 0.6 is 0 Å². The smallest absolute Gasteiger partial charge is 0.138 e. The second-order valence-corrected chi connectivity index (χ2v) is 4.21. The van der Waals surface area contributed by atoms with Crippen LogP contribution in [0.2, 0.25) is 0 Å². The molecule has 0 unspecified atom stereocenters. The number of hydrogen-bond donors (Lipinski definition) is 1. The van der Waals surface area contributed by atoms with E-state index in [0.29, 0.717) is 19.4 Å². The predicted octanol–water partition coefficient (Wildman–Crippen LogP) is 1.64. The van der Waals surface area contributed by atoms with Gasteiger partial charge in [-0.15, -0.1) is 0 Å². The summed E-state index contributed by atoms with van der Waals surface area (Å²) in [6, 6.07) is 6.45. The van der Waals surface area contributed by atoms with Crippen molar-refractivity contribution in [3.8, 4) is 0 Å². The Balaban J connectivity index is 2.06. The van der Waals surface area contributed by atoms with Crippen LogP contribution in [0.3, 0.4) is 0 Å². The Kier molecular flexibility index (Phi) is 3.17. The van der Waals surface area contributed by atoms with Gasteiger partial charge >= 0.3 is 0 Å². The Labute approximate surface area is 90.5 Å². The molecule has 0 bridgehead atoms. The quantitative estimate of drug-likeness (QED) is 0.808. The van der Waals surface area contributed by atoms with Crippen molar-refractivity contribution in [2.75, 3.05) is 6.54 Å². The van der Waals surface area contributed by atoms with Crippen molar-refractivity contribution in [2.45, 2.75) is 32.1 Å². The fraction of sp³-hybridized carbons (Fsp3) is 0.462. The van der Waals surface area contributed by atoms with Crippen LogP contribution in [-0.2, 0) is 24.1 Å². The van der Waals surface area contributed by atoms with Crippen LogP contribution in [0.4, 0.5) is 0 Å². The molecule has 80 valence electrons. The van der Waals surface area contributed by atoms with Gasteiger partial charge in [-0.25, -0.2) is 0 Å². The third kappa shape index (κ3) is 2.45. The van der Waals surface area contributed by atoms with E-state index in [4.69, 9.17) is 5.73 Å². The maximum absolute atomic E-state index is 11.4. The van der Waals surface area contributed by atoms with E-state index in [1.54, 1.807) is 0 Å². The standard InChI is InChI=1S/C13H17NO/c14-7-6-13(15)9-10-4-5-11-2-1-3-12(11)8-10/h4-5,8H,1-3,6-7,9,14H2. The van der Waals surface area contributed by atoms with Crippen molar-refractivity contribution >= 4 is 5.78 Å². The van der Waals surface area contributed by atoms with Gasteiger partial charge in [0.1, 0.15) is 5.78 Å².